The number of nitrogens with one attached hydrogen (secondary N) is 1. The lowest BCUT2D eigenvalue weighted by Gasteiger charge is -2.14. The molecule has 0 amide bonds. The predicted molar refractivity (Wildman–Crippen MR) is 138 cm³/mol. The number of aryl methyl sites for hydroxylation is 1. The monoisotopic (exact) mass is 521 g/mol. The highest BCUT2D eigenvalue weighted by molar-refractivity contribution is 7.51. The molecular weight excluding hydrogens is 489 g/mol. The minimum Gasteiger partial charge on any atom is -0.493 e. The molecule has 3 rings (SSSR count). The summed E-state index contributed by atoms with van der Waals surface area (Å²) in [6, 6.07) is 15.5. The average Bonchev–Trinajstić information content (AvgIpc) is 3.32. The van der Waals surface area contributed by atoms with Gasteiger partial charge in [-0.3, -0.25) is 4.57 Å². The van der Waals surface area contributed by atoms with Gasteiger partial charge in [-0.25, -0.2) is 0 Å². The summed E-state index contributed by atoms with van der Waals surface area (Å²) in [7, 11) is -3.95. The minimum atomic E-state index is -3.95. The Morgan fingerprint density at radius 3 is 2.51 bits per heavy atom. The molecule has 0 bridgehead atoms. The second-order valence-corrected chi connectivity index (χ2v) is 10.8. The number of halogens is 1. The first-order valence-electron chi connectivity index (χ1n) is 11.7. The first-order valence-corrected chi connectivity index (χ1v) is 13.9. The Balaban J connectivity index is 1.55. The molecule has 0 saturated heterocycles. The highest BCUT2D eigenvalue weighted by atomic mass is 35.5. The van der Waals surface area contributed by atoms with Crippen LogP contribution in [0, 0.1) is 0 Å². The third-order valence-electron chi connectivity index (χ3n) is 5.19. The maximum Gasteiger partial charge on any atom is 0.325 e. The van der Waals surface area contributed by atoms with Gasteiger partial charge in [0.1, 0.15) is 17.3 Å². The molecule has 0 spiro atoms. The highest BCUT2D eigenvalue weighted by Gasteiger charge is 2.13. The van der Waals surface area contributed by atoms with Crippen LogP contribution < -0.4 is 14.8 Å². The summed E-state index contributed by atoms with van der Waals surface area (Å²) in [5.41, 5.74) is 3.02. The fraction of sp³-hybridized carbons (Fsp3) is 0.385. The van der Waals surface area contributed by atoms with Gasteiger partial charge in [-0.05, 0) is 87.2 Å². The minimum absolute atomic E-state index is 0.0742. The molecular formula is C26H33ClNO6P. The van der Waals surface area contributed by atoms with E-state index in [4.69, 9.17) is 35.3 Å². The van der Waals surface area contributed by atoms with E-state index >= 15 is 0 Å². The average molecular weight is 522 g/mol. The number of hydrogen-bond donors (Lipinski definition) is 3. The summed E-state index contributed by atoms with van der Waals surface area (Å²) in [6.07, 6.45) is 3.64. The van der Waals surface area contributed by atoms with Gasteiger partial charge in [-0.2, -0.15) is 0 Å². The van der Waals surface area contributed by atoms with Crippen LogP contribution in [0.4, 0.5) is 0 Å². The van der Waals surface area contributed by atoms with Crippen molar-refractivity contribution < 1.29 is 28.2 Å². The van der Waals surface area contributed by atoms with E-state index in [0.717, 1.165) is 41.0 Å². The topological polar surface area (TPSA) is 101 Å². The SMILES string of the molecule is CC(C)Oc1ccc(CCCOc2ccc(CNCCCP(=O)(O)O)cc2-c2ccco2)cc1Cl. The van der Waals surface area contributed by atoms with E-state index in [9.17, 15) is 4.57 Å². The summed E-state index contributed by atoms with van der Waals surface area (Å²) < 4.78 is 28.4. The molecule has 0 aliphatic heterocycles. The smallest absolute Gasteiger partial charge is 0.325 e. The molecule has 190 valence electrons. The number of furan rings is 1. The molecule has 0 radical (unpaired) electrons. The van der Waals surface area contributed by atoms with Crippen LogP contribution in [-0.4, -0.2) is 35.2 Å². The van der Waals surface area contributed by atoms with Gasteiger partial charge in [0, 0.05) is 6.54 Å². The molecule has 0 unspecified atom stereocenters. The Morgan fingerprint density at radius 1 is 1.06 bits per heavy atom. The standard InChI is InChI=1S/C26H33ClNO6P/c1-19(2)34-26-11-8-20(17-23(26)27)6-3-13-33-25-10-9-21(16-22(25)24-7-4-14-32-24)18-28-12-5-15-35(29,30)31/h4,7-11,14,16-17,19,28H,3,5-6,12-13,15,18H2,1-2H3,(H2,29,30,31). The van der Waals surface area contributed by atoms with Crippen LogP contribution in [0.3, 0.4) is 0 Å². The number of hydrogen-bond acceptors (Lipinski definition) is 5. The molecule has 3 N–H and O–H groups in total. The Bertz CT molecular complexity index is 1110. The molecule has 0 fully saturated rings. The lowest BCUT2D eigenvalue weighted by Crippen LogP contribution is -2.16. The van der Waals surface area contributed by atoms with E-state index in [1.807, 2.05) is 62.4 Å². The van der Waals surface area contributed by atoms with Crippen molar-refractivity contribution in [1.82, 2.24) is 5.32 Å². The summed E-state index contributed by atoms with van der Waals surface area (Å²) >= 11 is 6.34. The van der Waals surface area contributed by atoms with Gasteiger partial charge in [-0.15, -0.1) is 0 Å². The zero-order valence-electron chi connectivity index (χ0n) is 20.1. The summed E-state index contributed by atoms with van der Waals surface area (Å²) in [5.74, 6) is 2.15. The Kier molecular flexibility index (Phi) is 10.3. The molecule has 9 heteroatoms. The fourth-order valence-electron chi connectivity index (χ4n) is 3.59. The number of benzene rings is 2. The fourth-order valence-corrected chi connectivity index (χ4v) is 4.41. The van der Waals surface area contributed by atoms with E-state index in [-0.39, 0.29) is 12.3 Å². The predicted octanol–water partition coefficient (Wildman–Crippen LogP) is 6.06. The Hall–Kier alpha value is -2.28. The Labute approximate surface area is 211 Å². The van der Waals surface area contributed by atoms with Gasteiger partial charge >= 0.3 is 7.60 Å². The van der Waals surface area contributed by atoms with Crippen LogP contribution in [0.2, 0.25) is 5.02 Å². The van der Waals surface area contributed by atoms with Crippen molar-refractivity contribution in [2.45, 2.75) is 45.8 Å². The lowest BCUT2D eigenvalue weighted by atomic mass is 10.1. The van der Waals surface area contributed by atoms with Crippen molar-refractivity contribution in [1.29, 1.82) is 0 Å². The summed E-state index contributed by atoms with van der Waals surface area (Å²) in [5, 5.41) is 3.84. The van der Waals surface area contributed by atoms with Crippen molar-refractivity contribution in [2.24, 2.45) is 0 Å². The zero-order chi connectivity index (χ0) is 25.3. The first-order chi connectivity index (χ1) is 16.7. The lowest BCUT2D eigenvalue weighted by molar-refractivity contribution is 0.242. The summed E-state index contributed by atoms with van der Waals surface area (Å²) in [6.45, 7) is 5.57. The van der Waals surface area contributed by atoms with Crippen molar-refractivity contribution in [2.75, 3.05) is 19.3 Å². The van der Waals surface area contributed by atoms with Gasteiger partial charge in [0.05, 0.1) is 35.7 Å². The van der Waals surface area contributed by atoms with Crippen molar-refractivity contribution in [3.63, 3.8) is 0 Å². The van der Waals surface area contributed by atoms with E-state index in [2.05, 4.69) is 5.32 Å². The molecule has 7 nitrogen and oxygen atoms in total. The van der Waals surface area contributed by atoms with Crippen LogP contribution in [-0.2, 0) is 17.5 Å². The number of rotatable bonds is 14. The van der Waals surface area contributed by atoms with Crippen molar-refractivity contribution >= 4 is 19.2 Å². The zero-order valence-corrected chi connectivity index (χ0v) is 21.7. The van der Waals surface area contributed by atoms with E-state index in [1.165, 1.54) is 0 Å². The quantitative estimate of drug-likeness (QED) is 0.175. The summed E-state index contributed by atoms with van der Waals surface area (Å²) in [4.78, 5) is 17.9. The molecule has 1 heterocycles. The van der Waals surface area contributed by atoms with E-state index in [1.54, 1.807) is 6.26 Å². The van der Waals surface area contributed by atoms with E-state index < -0.39 is 7.60 Å². The molecule has 2 aromatic carbocycles. The van der Waals surface area contributed by atoms with Crippen molar-refractivity contribution in [3.05, 3.63) is 70.9 Å². The Morgan fingerprint density at radius 2 is 1.83 bits per heavy atom. The third kappa shape index (κ3) is 9.36. The van der Waals surface area contributed by atoms with Gasteiger partial charge in [0.15, 0.2) is 0 Å². The van der Waals surface area contributed by atoms with Gasteiger partial charge in [-0.1, -0.05) is 23.7 Å². The third-order valence-corrected chi connectivity index (χ3v) is 6.38. The van der Waals surface area contributed by atoms with Gasteiger partial charge in [0.25, 0.3) is 0 Å². The van der Waals surface area contributed by atoms with Crippen LogP contribution in [0.15, 0.2) is 59.2 Å². The second-order valence-electron chi connectivity index (χ2n) is 8.61. The maximum absolute atomic E-state index is 11.0. The van der Waals surface area contributed by atoms with Crippen LogP contribution in [0.5, 0.6) is 11.5 Å². The van der Waals surface area contributed by atoms with Gasteiger partial charge in [0.2, 0.25) is 0 Å². The molecule has 0 atom stereocenters. The molecule has 0 saturated carbocycles. The molecule has 0 aliphatic rings. The largest absolute Gasteiger partial charge is 0.493 e. The van der Waals surface area contributed by atoms with Crippen LogP contribution in [0.1, 0.15) is 37.8 Å². The van der Waals surface area contributed by atoms with Crippen LogP contribution >= 0.6 is 19.2 Å². The molecule has 1 aromatic heterocycles. The molecule has 3 aromatic rings. The first kappa shape index (κ1) is 27.3. The van der Waals surface area contributed by atoms with Gasteiger partial charge < -0.3 is 29.0 Å². The molecule has 35 heavy (non-hydrogen) atoms. The number of ether oxygens (including phenoxy) is 2. The normalized spacial score (nSPS) is 11.7. The van der Waals surface area contributed by atoms with Crippen LogP contribution in [0.25, 0.3) is 11.3 Å². The highest BCUT2D eigenvalue weighted by Crippen LogP contribution is 2.35. The van der Waals surface area contributed by atoms with Crippen molar-refractivity contribution in [3.8, 4) is 22.8 Å². The van der Waals surface area contributed by atoms with E-state index in [0.29, 0.717) is 36.9 Å². The molecule has 0 aliphatic carbocycles. The second kappa shape index (κ2) is 13.1. The maximum atomic E-state index is 11.0.